The first-order valence-electron chi connectivity index (χ1n) is 6.26. The van der Waals surface area contributed by atoms with Gasteiger partial charge in [0, 0.05) is 38.2 Å². The second-order valence-corrected chi connectivity index (χ2v) is 4.93. The number of esters is 3. The molecular formula is C14H15NO6. The Balaban J connectivity index is 2.24. The standard InChI is InChI=1S/C14H15NO6/c1-8(16)19-7-9-4-5-15-11(9)6-10-12(17)20-14(2,3)21-13(10)18/h4-6,15H,7H2,1-3H3. The molecule has 7 nitrogen and oxygen atoms in total. The van der Waals surface area contributed by atoms with Crippen molar-refractivity contribution in [2.75, 3.05) is 0 Å². The number of ether oxygens (including phenoxy) is 3. The maximum absolute atomic E-state index is 11.8. The van der Waals surface area contributed by atoms with Crippen LogP contribution in [0.1, 0.15) is 32.0 Å². The van der Waals surface area contributed by atoms with Gasteiger partial charge in [0.2, 0.25) is 0 Å². The van der Waals surface area contributed by atoms with E-state index in [1.807, 2.05) is 0 Å². The van der Waals surface area contributed by atoms with Crippen LogP contribution in [0.4, 0.5) is 0 Å². The molecule has 0 aliphatic carbocycles. The van der Waals surface area contributed by atoms with Crippen LogP contribution in [0.25, 0.3) is 6.08 Å². The van der Waals surface area contributed by atoms with Gasteiger partial charge in [0.15, 0.2) is 0 Å². The number of H-pyrrole nitrogens is 1. The fourth-order valence-corrected chi connectivity index (χ4v) is 1.78. The molecule has 1 aliphatic rings. The van der Waals surface area contributed by atoms with E-state index in [0.717, 1.165) is 0 Å². The summed E-state index contributed by atoms with van der Waals surface area (Å²) in [6.07, 6.45) is 2.92. The van der Waals surface area contributed by atoms with Crippen molar-refractivity contribution >= 4 is 24.0 Å². The minimum atomic E-state index is -1.28. The van der Waals surface area contributed by atoms with Gasteiger partial charge in [-0.25, -0.2) is 9.59 Å². The number of aromatic amines is 1. The van der Waals surface area contributed by atoms with Gasteiger partial charge < -0.3 is 19.2 Å². The van der Waals surface area contributed by atoms with Crippen LogP contribution in [0.15, 0.2) is 17.8 Å². The monoisotopic (exact) mass is 293 g/mol. The maximum Gasteiger partial charge on any atom is 0.348 e. The van der Waals surface area contributed by atoms with Gasteiger partial charge >= 0.3 is 17.9 Å². The molecule has 0 radical (unpaired) electrons. The lowest BCUT2D eigenvalue weighted by atomic mass is 10.1. The first-order valence-corrected chi connectivity index (χ1v) is 6.26. The summed E-state index contributed by atoms with van der Waals surface area (Å²) in [4.78, 5) is 37.3. The van der Waals surface area contributed by atoms with E-state index in [4.69, 9.17) is 14.2 Å². The van der Waals surface area contributed by atoms with Crippen molar-refractivity contribution in [3.8, 4) is 0 Å². The Bertz CT molecular complexity index is 603. The van der Waals surface area contributed by atoms with E-state index in [2.05, 4.69) is 4.98 Å². The van der Waals surface area contributed by atoms with E-state index in [9.17, 15) is 14.4 Å². The molecule has 1 N–H and O–H groups in total. The Morgan fingerprint density at radius 3 is 2.52 bits per heavy atom. The molecule has 0 amide bonds. The number of carbonyl (C=O) groups is 3. The molecule has 0 aromatic carbocycles. The molecule has 1 aliphatic heterocycles. The van der Waals surface area contributed by atoms with Gasteiger partial charge in [0.1, 0.15) is 12.2 Å². The van der Waals surface area contributed by atoms with Gasteiger partial charge in [-0.3, -0.25) is 4.79 Å². The number of rotatable bonds is 3. The van der Waals surface area contributed by atoms with Crippen molar-refractivity contribution < 1.29 is 28.6 Å². The summed E-state index contributed by atoms with van der Waals surface area (Å²) in [5, 5.41) is 0. The number of aromatic nitrogens is 1. The SMILES string of the molecule is CC(=O)OCc1cc[nH]c1C=C1C(=O)OC(C)(C)OC1=O. The van der Waals surface area contributed by atoms with E-state index in [0.29, 0.717) is 11.3 Å². The Kier molecular flexibility index (Phi) is 3.84. The largest absolute Gasteiger partial charge is 0.461 e. The van der Waals surface area contributed by atoms with Crippen LogP contribution in [0, 0.1) is 0 Å². The molecular weight excluding hydrogens is 278 g/mol. The van der Waals surface area contributed by atoms with E-state index >= 15 is 0 Å². The summed E-state index contributed by atoms with van der Waals surface area (Å²) < 4.78 is 14.9. The molecule has 1 fully saturated rings. The molecule has 2 rings (SSSR count). The highest BCUT2D eigenvalue weighted by Crippen LogP contribution is 2.24. The smallest absolute Gasteiger partial charge is 0.348 e. The molecule has 0 bridgehead atoms. The topological polar surface area (TPSA) is 94.7 Å². The highest BCUT2D eigenvalue weighted by atomic mass is 16.7. The van der Waals surface area contributed by atoms with E-state index in [1.165, 1.54) is 26.8 Å². The van der Waals surface area contributed by atoms with Crippen LogP contribution in [-0.2, 0) is 35.2 Å². The third-order valence-electron chi connectivity index (χ3n) is 2.71. The van der Waals surface area contributed by atoms with E-state index < -0.39 is 23.7 Å². The van der Waals surface area contributed by atoms with Crippen LogP contribution >= 0.6 is 0 Å². The highest BCUT2D eigenvalue weighted by Gasteiger charge is 2.39. The fourth-order valence-electron chi connectivity index (χ4n) is 1.78. The van der Waals surface area contributed by atoms with Crippen LogP contribution < -0.4 is 0 Å². The summed E-state index contributed by atoms with van der Waals surface area (Å²) in [7, 11) is 0. The van der Waals surface area contributed by atoms with Crippen LogP contribution in [0.3, 0.4) is 0 Å². The number of cyclic esters (lactones) is 2. The summed E-state index contributed by atoms with van der Waals surface area (Å²) in [5.41, 5.74) is 0.879. The number of nitrogens with one attached hydrogen (secondary N) is 1. The van der Waals surface area contributed by atoms with Gasteiger partial charge in [-0.05, 0) is 12.1 Å². The quantitative estimate of drug-likeness (QED) is 0.513. The minimum absolute atomic E-state index is 0.0353. The van der Waals surface area contributed by atoms with Crippen LogP contribution in [0.5, 0.6) is 0 Å². The maximum atomic E-state index is 11.8. The average Bonchev–Trinajstić information content (AvgIpc) is 2.77. The Hall–Kier alpha value is -2.57. The van der Waals surface area contributed by atoms with Crippen molar-refractivity contribution in [2.24, 2.45) is 0 Å². The van der Waals surface area contributed by atoms with Crippen molar-refractivity contribution in [3.63, 3.8) is 0 Å². The summed E-state index contributed by atoms with van der Waals surface area (Å²) in [6, 6.07) is 1.68. The average molecular weight is 293 g/mol. The number of hydrogen-bond acceptors (Lipinski definition) is 6. The van der Waals surface area contributed by atoms with Crippen LogP contribution in [0.2, 0.25) is 0 Å². The Morgan fingerprint density at radius 2 is 1.95 bits per heavy atom. The molecule has 1 saturated heterocycles. The highest BCUT2D eigenvalue weighted by molar-refractivity contribution is 6.18. The molecule has 1 aromatic rings. The predicted molar refractivity (Wildman–Crippen MR) is 70.5 cm³/mol. The van der Waals surface area contributed by atoms with Crippen molar-refractivity contribution in [2.45, 2.75) is 33.2 Å². The zero-order valence-corrected chi connectivity index (χ0v) is 11.9. The first kappa shape index (κ1) is 14.8. The Labute approximate surface area is 120 Å². The lowest BCUT2D eigenvalue weighted by Gasteiger charge is -2.29. The molecule has 0 atom stereocenters. The molecule has 0 spiro atoms. The van der Waals surface area contributed by atoms with Gasteiger partial charge in [0.05, 0.1) is 0 Å². The van der Waals surface area contributed by atoms with Gasteiger partial charge in [-0.2, -0.15) is 0 Å². The first-order chi connectivity index (χ1) is 9.78. The summed E-state index contributed by atoms with van der Waals surface area (Å²) in [6.45, 7) is 4.27. The number of carbonyl (C=O) groups excluding carboxylic acids is 3. The normalized spacial score (nSPS) is 17.0. The predicted octanol–water partition coefficient (Wildman–Crippen LogP) is 1.30. The molecule has 0 saturated carbocycles. The van der Waals surface area contributed by atoms with Crippen molar-refractivity contribution in [3.05, 3.63) is 29.1 Å². The van der Waals surface area contributed by atoms with E-state index in [1.54, 1.807) is 12.3 Å². The summed E-state index contributed by atoms with van der Waals surface area (Å²) >= 11 is 0. The third-order valence-corrected chi connectivity index (χ3v) is 2.71. The molecule has 2 heterocycles. The molecule has 21 heavy (non-hydrogen) atoms. The van der Waals surface area contributed by atoms with Crippen molar-refractivity contribution in [1.29, 1.82) is 0 Å². The second-order valence-electron chi connectivity index (χ2n) is 4.93. The Morgan fingerprint density at radius 1 is 1.33 bits per heavy atom. The third kappa shape index (κ3) is 3.50. The minimum Gasteiger partial charge on any atom is -0.461 e. The second kappa shape index (κ2) is 5.43. The van der Waals surface area contributed by atoms with Gasteiger partial charge in [-0.1, -0.05) is 0 Å². The summed E-state index contributed by atoms with van der Waals surface area (Å²) in [5.74, 6) is -3.22. The molecule has 1 aromatic heterocycles. The number of hydrogen-bond donors (Lipinski definition) is 1. The molecule has 112 valence electrons. The molecule has 0 unspecified atom stereocenters. The van der Waals surface area contributed by atoms with E-state index in [-0.39, 0.29) is 12.2 Å². The fraction of sp³-hybridized carbons (Fsp3) is 0.357. The van der Waals surface area contributed by atoms with Crippen molar-refractivity contribution in [1.82, 2.24) is 4.98 Å². The molecule has 7 heteroatoms. The van der Waals surface area contributed by atoms with Gasteiger partial charge in [-0.15, -0.1) is 0 Å². The van der Waals surface area contributed by atoms with Gasteiger partial charge in [0.25, 0.3) is 5.79 Å². The lowest BCUT2D eigenvalue weighted by Crippen LogP contribution is -2.41. The zero-order valence-electron chi connectivity index (χ0n) is 11.9. The zero-order chi connectivity index (χ0) is 15.6. The lowest BCUT2D eigenvalue weighted by molar-refractivity contribution is -0.222. The van der Waals surface area contributed by atoms with Crippen LogP contribution in [-0.4, -0.2) is 28.7 Å².